The lowest BCUT2D eigenvalue weighted by molar-refractivity contribution is 0.133. The van der Waals surface area contributed by atoms with Crippen molar-refractivity contribution in [1.29, 1.82) is 0 Å². The molecule has 0 aliphatic rings. The number of benzene rings is 2. The van der Waals surface area contributed by atoms with Gasteiger partial charge in [-0.15, -0.1) is 0 Å². The topological polar surface area (TPSA) is 102 Å². The first-order valence-corrected chi connectivity index (χ1v) is 12.1. The van der Waals surface area contributed by atoms with Crippen molar-refractivity contribution in [3.05, 3.63) is 52.5 Å². The highest BCUT2D eigenvalue weighted by atomic mass is 35.5. The number of rotatable bonds is 11. The fraction of sp³-hybridized carbons (Fsp3) is 0.400. The summed E-state index contributed by atoms with van der Waals surface area (Å²) in [5.41, 5.74) is 2.17. The minimum absolute atomic E-state index is 0.0222. The normalized spacial score (nSPS) is 14.5. The molecule has 4 N–H and O–H groups in total. The highest BCUT2D eigenvalue weighted by Gasteiger charge is 2.20. The smallest absolute Gasteiger partial charge is 0.488 e. The van der Waals surface area contributed by atoms with Gasteiger partial charge in [-0.1, -0.05) is 55.8 Å². The van der Waals surface area contributed by atoms with E-state index >= 15 is 0 Å². The second kappa shape index (κ2) is 11.4. The second-order valence-electron chi connectivity index (χ2n) is 6.92. The zero-order chi connectivity index (χ0) is 21.4. The Balaban J connectivity index is 1.96. The summed E-state index contributed by atoms with van der Waals surface area (Å²) in [5.74, 6) is 4.98. The van der Waals surface area contributed by atoms with Gasteiger partial charge in [0.15, 0.2) is 0 Å². The van der Waals surface area contributed by atoms with Gasteiger partial charge in [0, 0.05) is 9.92 Å². The van der Waals surface area contributed by atoms with Crippen LogP contribution < -0.4 is 5.90 Å². The molecule has 2 aromatic rings. The first-order valence-electron chi connectivity index (χ1n) is 9.38. The minimum Gasteiger partial charge on any atom is -0.507 e. The molecule has 9 heteroatoms. The monoisotopic (exact) mass is 459 g/mol. The van der Waals surface area contributed by atoms with E-state index < -0.39 is 7.82 Å². The van der Waals surface area contributed by atoms with E-state index in [1.807, 2.05) is 37.3 Å². The summed E-state index contributed by atoms with van der Waals surface area (Å²) in [7, 11) is -4.16. The molecule has 0 amide bonds. The highest BCUT2D eigenvalue weighted by Crippen LogP contribution is 2.41. The van der Waals surface area contributed by atoms with Crippen molar-refractivity contribution in [3.63, 3.8) is 0 Å². The van der Waals surface area contributed by atoms with Crippen LogP contribution >= 0.6 is 31.2 Å². The zero-order valence-corrected chi connectivity index (χ0v) is 19.0. The van der Waals surface area contributed by atoms with Crippen LogP contribution in [0.5, 0.6) is 5.75 Å². The van der Waals surface area contributed by atoms with Crippen LogP contribution in [0.4, 0.5) is 0 Å². The fourth-order valence-corrected chi connectivity index (χ4v) is 4.54. The highest BCUT2D eigenvalue weighted by molar-refractivity contribution is 7.99. The summed E-state index contributed by atoms with van der Waals surface area (Å²) in [6.07, 6.45) is 3.44. The van der Waals surface area contributed by atoms with Crippen molar-refractivity contribution >= 4 is 31.2 Å². The predicted molar refractivity (Wildman–Crippen MR) is 116 cm³/mol. The Bertz CT molecular complexity index is 867. The SMILES string of the molecule is CCCc1ccc(O)c(Sc2ccc(CCC(C)COP(=O)(O)ON)c(Cl)c2)c1. The lowest BCUT2D eigenvalue weighted by Crippen LogP contribution is -2.08. The third-order valence-electron chi connectivity index (χ3n) is 4.38. The van der Waals surface area contributed by atoms with Crippen molar-refractivity contribution < 1.29 is 23.7 Å². The number of aromatic hydroxyl groups is 1. The molecule has 0 saturated heterocycles. The van der Waals surface area contributed by atoms with Gasteiger partial charge in [-0.05, 0) is 60.6 Å². The van der Waals surface area contributed by atoms with Crippen LogP contribution in [0.2, 0.25) is 5.02 Å². The van der Waals surface area contributed by atoms with Gasteiger partial charge in [-0.3, -0.25) is 4.52 Å². The predicted octanol–water partition coefficient (Wildman–Crippen LogP) is 5.73. The Labute approximate surface area is 180 Å². The largest absolute Gasteiger partial charge is 0.507 e. The van der Waals surface area contributed by atoms with Crippen LogP contribution in [0.1, 0.15) is 37.8 Å². The Morgan fingerprint density at radius 2 is 2.00 bits per heavy atom. The zero-order valence-electron chi connectivity index (χ0n) is 16.5. The number of aryl methyl sites for hydroxylation is 2. The maximum Gasteiger partial charge on any atom is 0.488 e. The molecule has 0 aliphatic carbocycles. The second-order valence-corrected chi connectivity index (χ2v) is 9.85. The van der Waals surface area contributed by atoms with Gasteiger partial charge in [0.2, 0.25) is 0 Å². The Hall–Kier alpha value is -1.05. The van der Waals surface area contributed by atoms with E-state index in [0.29, 0.717) is 11.4 Å². The first kappa shape index (κ1) is 24.2. The number of phenolic OH excluding ortho intramolecular Hbond substituents is 1. The maximum absolute atomic E-state index is 11.2. The third kappa shape index (κ3) is 7.95. The quantitative estimate of drug-likeness (QED) is 0.291. The van der Waals surface area contributed by atoms with E-state index in [9.17, 15) is 9.67 Å². The first-order chi connectivity index (χ1) is 13.7. The van der Waals surface area contributed by atoms with E-state index in [1.54, 1.807) is 6.07 Å². The van der Waals surface area contributed by atoms with E-state index in [-0.39, 0.29) is 18.3 Å². The summed E-state index contributed by atoms with van der Waals surface area (Å²) in [4.78, 5) is 10.9. The molecule has 0 bridgehead atoms. The number of nitrogens with two attached hydrogens (primary N) is 1. The fourth-order valence-electron chi connectivity index (χ4n) is 2.74. The van der Waals surface area contributed by atoms with Gasteiger partial charge in [0.05, 0.1) is 11.5 Å². The van der Waals surface area contributed by atoms with Gasteiger partial charge < -0.3 is 10.00 Å². The molecule has 2 unspecified atom stereocenters. The van der Waals surface area contributed by atoms with Crippen LogP contribution in [0, 0.1) is 5.92 Å². The number of hydrogen-bond acceptors (Lipinski definition) is 6. The summed E-state index contributed by atoms with van der Waals surface area (Å²) in [5, 5.41) is 10.8. The Morgan fingerprint density at radius 1 is 1.24 bits per heavy atom. The number of phenols is 1. The molecule has 0 heterocycles. The van der Waals surface area contributed by atoms with Crippen molar-refractivity contribution in [2.75, 3.05) is 6.61 Å². The van der Waals surface area contributed by atoms with Crippen LogP contribution in [0.25, 0.3) is 0 Å². The molecule has 2 aromatic carbocycles. The van der Waals surface area contributed by atoms with E-state index in [4.69, 9.17) is 26.9 Å². The van der Waals surface area contributed by atoms with Crippen molar-refractivity contribution in [1.82, 2.24) is 0 Å². The summed E-state index contributed by atoms with van der Waals surface area (Å²) < 4.78 is 19.9. The molecule has 0 saturated carbocycles. The molecule has 2 atom stereocenters. The van der Waals surface area contributed by atoms with Crippen molar-refractivity contribution in [3.8, 4) is 5.75 Å². The molecule has 0 aromatic heterocycles. The Morgan fingerprint density at radius 3 is 2.66 bits per heavy atom. The van der Waals surface area contributed by atoms with Gasteiger partial charge >= 0.3 is 7.82 Å². The molecular weight excluding hydrogens is 433 g/mol. The molecule has 6 nitrogen and oxygen atoms in total. The maximum atomic E-state index is 11.2. The van der Waals surface area contributed by atoms with E-state index in [0.717, 1.165) is 34.6 Å². The number of halogens is 1. The molecule has 2 rings (SSSR count). The lowest BCUT2D eigenvalue weighted by Gasteiger charge is -2.14. The van der Waals surface area contributed by atoms with Crippen molar-refractivity contribution in [2.24, 2.45) is 11.8 Å². The molecular formula is C20H27ClNO5PS. The Kier molecular flexibility index (Phi) is 9.50. The van der Waals surface area contributed by atoms with Crippen LogP contribution in [0.3, 0.4) is 0 Å². The standard InChI is InChI=1S/C20H27ClNO5PS/c1-3-4-15-6-10-19(23)20(11-15)29-17-9-8-16(18(21)12-17)7-5-14(2)13-26-28(24,25)27-22/h6,8-12,14,23H,3-5,7,13,22H2,1-2H3,(H,24,25). The summed E-state index contributed by atoms with van der Waals surface area (Å²) in [6, 6.07) is 11.5. The summed E-state index contributed by atoms with van der Waals surface area (Å²) in [6.45, 7) is 4.09. The number of phosphoric acid groups is 1. The van der Waals surface area contributed by atoms with E-state index in [1.165, 1.54) is 17.3 Å². The van der Waals surface area contributed by atoms with Gasteiger partial charge in [0.25, 0.3) is 0 Å². The van der Waals surface area contributed by atoms with Gasteiger partial charge in [0.1, 0.15) is 5.75 Å². The van der Waals surface area contributed by atoms with Crippen LogP contribution in [-0.2, 0) is 26.6 Å². The molecule has 29 heavy (non-hydrogen) atoms. The number of hydrogen-bond donors (Lipinski definition) is 3. The number of phosphoric ester groups is 1. The third-order valence-corrected chi connectivity index (χ3v) is 6.51. The van der Waals surface area contributed by atoms with Crippen LogP contribution in [-0.4, -0.2) is 16.6 Å². The van der Waals surface area contributed by atoms with Crippen molar-refractivity contribution in [2.45, 2.75) is 49.3 Å². The van der Waals surface area contributed by atoms with Crippen LogP contribution in [0.15, 0.2) is 46.2 Å². The average Bonchev–Trinajstić information content (AvgIpc) is 2.68. The average molecular weight is 460 g/mol. The molecule has 0 aliphatic heterocycles. The van der Waals surface area contributed by atoms with Gasteiger partial charge in [-0.25, -0.2) is 15.1 Å². The summed E-state index contributed by atoms with van der Waals surface area (Å²) >= 11 is 7.92. The molecule has 0 spiro atoms. The molecule has 160 valence electrons. The van der Waals surface area contributed by atoms with Gasteiger partial charge in [-0.2, -0.15) is 0 Å². The molecule has 0 radical (unpaired) electrons. The lowest BCUT2D eigenvalue weighted by atomic mass is 10.0. The molecule has 0 fully saturated rings. The van der Waals surface area contributed by atoms with E-state index in [2.05, 4.69) is 11.5 Å². The minimum atomic E-state index is -4.16.